The third-order valence-electron chi connectivity index (χ3n) is 13.8. The molecule has 5 heteroatoms. The standard InChI is InChI=1S/C34H68O2Si3/c1-23-21-27-25(17-15-19-29(27)35-38(11,12)33(3,4)5)31(23)37(9,10)32-24(2)22-28-26(32)18-16-20-30(28)36-39(13,14)34(6,7)8/h23-32H,15-22H2,1-14H3. The van der Waals surface area contributed by atoms with Crippen LogP contribution in [0.25, 0.3) is 0 Å². The van der Waals surface area contributed by atoms with Crippen LogP contribution in [0, 0.1) is 35.5 Å². The van der Waals surface area contributed by atoms with Gasteiger partial charge >= 0.3 is 0 Å². The highest BCUT2D eigenvalue weighted by atomic mass is 28.4. The third kappa shape index (κ3) is 6.02. The fourth-order valence-electron chi connectivity index (χ4n) is 10.3. The molecular formula is C34H68O2Si3. The molecule has 10 unspecified atom stereocenters. The summed E-state index contributed by atoms with van der Waals surface area (Å²) in [4.78, 5) is 0. The first-order chi connectivity index (χ1) is 17.7. The molecular weight excluding hydrogens is 525 g/mol. The Hall–Kier alpha value is 0.571. The van der Waals surface area contributed by atoms with Gasteiger partial charge in [0.25, 0.3) is 0 Å². The van der Waals surface area contributed by atoms with Crippen molar-refractivity contribution in [2.75, 3.05) is 0 Å². The van der Waals surface area contributed by atoms with E-state index in [4.69, 9.17) is 8.85 Å². The van der Waals surface area contributed by atoms with Crippen LogP contribution in [0.15, 0.2) is 0 Å². The summed E-state index contributed by atoms with van der Waals surface area (Å²) in [7, 11) is -5.00. The van der Waals surface area contributed by atoms with Crippen molar-refractivity contribution in [3.8, 4) is 0 Å². The highest BCUT2D eigenvalue weighted by Gasteiger charge is 2.60. The molecule has 0 spiro atoms. The summed E-state index contributed by atoms with van der Waals surface area (Å²) in [5.41, 5.74) is 1.95. The normalized spacial score (nSPS) is 40.5. The van der Waals surface area contributed by atoms with E-state index in [0.29, 0.717) is 22.3 Å². The summed E-state index contributed by atoms with van der Waals surface area (Å²) < 4.78 is 14.5. The average molecular weight is 593 g/mol. The van der Waals surface area contributed by atoms with Crippen molar-refractivity contribution in [2.45, 2.75) is 179 Å². The number of rotatable bonds is 6. The summed E-state index contributed by atoms with van der Waals surface area (Å²) in [5.74, 6) is 5.21. The molecule has 4 aliphatic carbocycles. The van der Waals surface area contributed by atoms with Crippen molar-refractivity contribution in [3.63, 3.8) is 0 Å². The van der Waals surface area contributed by atoms with E-state index in [1.807, 2.05) is 0 Å². The molecule has 0 aromatic rings. The predicted molar refractivity (Wildman–Crippen MR) is 178 cm³/mol. The molecule has 0 aromatic carbocycles. The lowest BCUT2D eigenvalue weighted by atomic mass is 9.79. The summed E-state index contributed by atoms with van der Waals surface area (Å²) in [6.45, 7) is 35.5. The van der Waals surface area contributed by atoms with Crippen LogP contribution in [-0.4, -0.2) is 36.9 Å². The van der Waals surface area contributed by atoms with Crippen molar-refractivity contribution in [3.05, 3.63) is 0 Å². The zero-order valence-electron chi connectivity index (χ0n) is 28.7. The van der Waals surface area contributed by atoms with Crippen LogP contribution in [0.4, 0.5) is 0 Å². The Morgan fingerprint density at radius 1 is 0.513 bits per heavy atom. The summed E-state index contributed by atoms with van der Waals surface area (Å²) in [6.07, 6.45) is 12.2. The third-order valence-corrected chi connectivity index (χ3v) is 28.2. The maximum atomic E-state index is 7.23. The van der Waals surface area contributed by atoms with E-state index in [1.165, 1.54) is 51.4 Å². The molecule has 0 bridgehead atoms. The van der Waals surface area contributed by atoms with Crippen molar-refractivity contribution in [2.24, 2.45) is 35.5 Å². The Balaban J connectivity index is 1.55. The van der Waals surface area contributed by atoms with Gasteiger partial charge in [0.05, 0.1) is 8.07 Å². The lowest BCUT2D eigenvalue weighted by Gasteiger charge is -2.50. The maximum Gasteiger partial charge on any atom is 0.192 e. The molecule has 2 nitrogen and oxygen atoms in total. The highest BCUT2D eigenvalue weighted by Crippen LogP contribution is 2.65. The van der Waals surface area contributed by atoms with Gasteiger partial charge in [-0.25, -0.2) is 0 Å². The molecule has 4 aliphatic rings. The second-order valence-electron chi connectivity index (χ2n) is 18.6. The molecule has 0 N–H and O–H groups in total. The van der Waals surface area contributed by atoms with E-state index < -0.39 is 24.7 Å². The quantitative estimate of drug-likeness (QED) is 0.286. The van der Waals surface area contributed by atoms with E-state index in [1.54, 1.807) is 0 Å². The minimum atomic E-state index is -1.74. The predicted octanol–water partition coefficient (Wildman–Crippen LogP) is 11.1. The van der Waals surface area contributed by atoms with Gasteiger partial charge in [-0.2, -0.15) is 0 Å². The second kappa shape index (κ2) is 10.9. The number of hydrogen-bond acceptors (Lipinski definition) is 2. The monoisotopic (exact) mass is 592 g/mol. The van der Waals surface area contributed by atoms with E-state index in [-0.39, 0.29) is 0 Å². The molecule has 0 aliphatic heterocycles. The molecule has 4 saturated carbocycles. The molecule has 0 amide bonds. The largest absolute Gasteiger partial charge is 0.414 e. The first-order valence-electron chi connectivity index (χ1n) is 17.0. The van der Waals surface area contributed by atoms with Gasteiger partial charge in [0, 0.05) is 12.2 Å². The van der Waals surface area contributed by atoms with Gasteiger partial charge in [-0.15, -0.1) is 0 Å². The average Bonchev–Trinajstić information content (AvgIpc) is 3.29. The first-order valence-corrected chi connectivity index (χ1v) is 26.0. The van der Waals surface area contributed by atoms with Crippen LogP contribution in [0.1, 0.15) is 107 Å². The van der Waals surface area contributed by atoms with Crippen LogP contribution < -0.4 is 0 Å². The van der Waals surface area contributed by atoms with Crippen LogP contribution in [-0.2, 0) is 8.85 Å². The van der Waals surface area contributed by atoms with Gasteiger partial charge in [-0.1, -0.05) is 81.3 Å². The lowest BCUT2D eigenvalue weighted by Crippen LogP contribution is -2.50. The van der Waals surface area contributed by atoms with Gasteiger partial charge in [0.1, 0.15) is 0 Å². The van der Waals surface area contributed by atoms with Crippen LogP contribution in [0.5, 0.6) is 0 Å². The van der Waals surface area contributed by atoms with Gasteiger partial charge < -0.3 is 8.85 Å². The Bertz CT molecular complexity index is 785. The van der Waals surface area contributed by atoms with Gasteiger partial charge in [0.15, 0.2) is 16.6 Å². The topological polar surface area (TPSA) is 18.5 Å². The molecule has 0 saturated heterocycles. The summed E-state index contributed by atoms with van der Waals surface area (Å²) in [6, 6.07) is 0. The van der Waals surface area contributed by atoms with Crippen molar-refractivity contribution >= 4 is 24.7 Å². The smallest absolute Gasteiger partial charge is 0.192 e. The second-order valence-corrected chi connectivity index (χ2v) is 33.1. The van der Waals surface area contributed by atoms with Crippen molar-refractivity contribution < 1.29 is 8.85 Å². The number of hydrogen-bond donors (Lipinski definition) is 0. The van der Waals surface area contributed by atoms with Gasteiger partial charge in [-0.05, 0) is 121 Å². The molecule has 228 valence electrons. The lowest BCUT2D eigenvalue weighted by molar-refractivity contribution is 0.0537. The zero-order chi connectivity index (χ0) is 29.3. The Morgan fingerprint density at radius 2 is 0.846 bits per heavy atom. The minimum Gasteiger partial charge on any atom is -0.414 e. The maximum absolute atomic E-state index is 7.23. The fourth-order valence-corrected chi connectivity index (χ4v) is 19.7. The van der Waals surface area contributed by atoms with E-state index in [9.17, 15) is 0 Å². The van der Waals surface area contributed by atoms with Gasteiger partial charge in [0.2, 0.25) is 0 Å². The fraction of sp³-hybridized carbons (Fsp3) is 1.00. The number of fused-ring (bicyclic) bond motifs is 2. The van der Waals surface area contributed by atoms with E-state index >= 15 is 0 Å². The molecule has 0 heterocycles. The molecule has 4 fully saturated rings. The minimum absolute atomic E-state index is 0.301. The van der Waals surface area contributed by atoms with E-state index in [2.05, 4.69) is 94.7 Å². The molecule has 0 aromatic heterocycles. The Labute approximate surface area is 247 Å². The molecule has 10 atom stereocenters. The Kier molecular flexibility index (Phi) is 9.11. The summed E-state index contributed by atoms with van der Waals surface area (Å²) in [5, 5.41) is 0.603. The van der Waals surface area contributed by atoms with Gasteiger partial charge in [-0.3, -0.25) is 0 Å². The van der Waals surface area contributed by atoms with Crippen LogP contribution in [0.3, 0.4) is 0 Å². The Morgan fingerprint density at radius 3 is 1.15 bits per heavy atom. The highest BCUT2D eigenvalue weighted by molar-refractivity contribution is 6.80. The SMILES string of the molecule is CC1CC2C(O[Si](C)(C)C(C)(C)C)CCCC2C1[Si](C)(C)C1C(C)CC2C(O[Si](C)(C)C(C)(C)C)CCCC21. The van der Waals surface area contributed by atoms with E-state index in [0.717, 1.165) is 46.6 Å². The van der Waals surface area contributed by atoms with Crippen LogP contribution >= 0.6 is 0 Å². The zero-order valence-corrected chi connectivity index (χ0v) is 31.7. The van der Waals surface area contributed by atoms with Crippen molar-refractivity contribution in [1.82, 2.24) is 0 Å². The summed E-state index contributed by atoms with van der Waals surface area (Å²) >= 11 is 0. The first kappa shape index (κ1) is 32.5. The molecule has 4 rings (SSSR count). The van der Waals surface area contributed by atoms with Crippen molar-refractivity contribution in [1.29, 1.82) is 0 Å². The van der Waals surface area contributed by atoms with Crippen LogP contribution in [0.2, 0.25) is 60.4 Å². The molecule has 39 heavy (non-hydrogen) atoms. The molecule has 0 radical (unpaired) electrons.